The molecule has 0 saturated carbocycles. The van der Waals surface area contributed by atoms with Crippen LogP contribution >= 0.6 is 0 Å². The molecule has 112 valence electrons. The van der Waals surface area contributed by atoms with Crippen molar-refractivity contribution in [3.05, 3.63) is 62.1 Å². The lowest BCUT2D eigenvalue weighted by Gasteiger charge is -2.19. The quantitative estimate of drug-likeness (QED) is 0.679. The van der Waals surface area contributed by atoms with Crippen molar-refractivity contribution in [1.82, 2.24) is 4.98 Å². The molecule has 0 aliphatic rings. The molecule has 0 aliphatic carbocycles. The highest BCUT2D eigenvalue weighted by Gasteiger charge is 2.19. The molecule has 22 heavy (non-hydrogen) atoms. The summed E-state index contributed by atoms with van der Waals surface area (Å²) >= 11 is 0. The maximum atomic E-state index is 12.1. The molecule has 0 amide bonds. The summed E-state index contributed by atoms with van der Waals surface area (Å²) in [5.74, 6) is 0. The first-order chi connectivity index (χ1) is 10.2. The standard InChI is InChI=1S/C16H15N3O3/c1-16(2,3)14-8-12(13(9-17)15(20)18-14)10-4-6-11(7-5-10)19(21)22/h4-8H,1-3H3,(H,18,20). The SMILES string of the molecule is CC(C)(C)c1cc(-c2ccc([N+](=O)[O-])cc2)c(C#N)c(=O)[nH]1. The lowest BCUT2D eigenvalue weighted by molar-refractivity contribution is -0.384. The van der Waals surface area contributed by atoms with Crippen molar-refractivity contribution in [1.29, 1.82) is 5.26 Å². The minimum atomic E-state index is -0.493. The highest BCUT2D eigenvalue weighted by Crippen LogP contribution is 2.28. The van der Waals surface area contributed by atoms with E-state index in [0.717, 1.165) is 0 Å². The Balaban J connectivity index is 2.68. The van der Waals surface area contributed by atoms with Crippen LogP contribution in [0.1, 0.15) is 32.0 Å². The summed E-state index contributed by atoms with van der Waals surface area (Å²) in [6.45, 7) is 5.85. The van der Waals surface area contributed by atoms with Gasteiger partial charge in [-0.3, -0.25) is 14.9 Å². The van der Waals surface area contributed by atoms with Gasteiger partial charge in [0.1, 0.15) is 11.6 Å². The molecule has 6 nitrogen and oxygen atoms in total. The molecule has 0 bridgehead atoms. The monoisotopic (exact) mass is 297 g/mol. The van der Waals surface area contributed by atoms with Gasteiger partial charge >= 0.3 is 0 Å². The number of benzene rings is 1. The molecule has 0 radical (unpaired) electrons. The van der Waals surface area contributed by atoms with E-state index in [0.29, 0.717) is 16.8 Å². The third kappa shape index (κ3) is 2.88. The van der Waals surface area contributed by atoms with E-state index < -0.39 is 10.5 Å². The second-order valence-corrected chi connectivity index (χ2v) is 5.97. The van der Waals surface area contributed by atoms with Crippen LogP contribution in [0.5, 0.6) is 0 Å². The van der Waals surface area contributed by atoms with Gasteiger partial charge in [0, 0.05) is 28.8 Å². The van der Waals surface area contributed by atoms with Crippen molar-refractivity contribution >= 4 is 5.69 Å². The van der Waals surface area contributed by atoms with Crippen molar-refractivity contribution in [3.63, 3.8) is 0 Å². The minimum Gasteiger partial charge on any atom is -0.325 e. The highest BCUT2D eigenvalue weighted by molar-refractivity contribution is 5.71. The lowest BCUT2D eigenvalue weighted by atomic mass is 9.89. The summed E-state index contributed by atoms with van der Waals surface area (Å²) in [4.78, 5) is 25.0. The average Bonchev–Trinajstić information content (AvgIpc) is 2.45. The zero-order valence-electron chi connectivity index (χ0n) is 12.5. The average molecular weight is 297 g/mol. The number of nitrogens with one attached hydrogen (secondary N) is 1. The predicted octanol–water partition coefficient (Wildman–Crippen LogP) is 3.12. The van der Waals surface area contributed by atoms with Gasteiger partial charge in [0.2, 0.25) is 0 Å². The number of H-pyrrole nitrogens is 1. The van der Waals surface area contributed by atoms with E-state index in [1.807, 2.05) is 26.8 Å². The van der Waals surface area contributed by atoms with Crippen LogP contribution in [0.15, 0.2) is 35.1 Å². The number of hydrogen-bond donors (Lipinski definition) is 1. The van der Waals surface area contributed by atoms with Gasteiger partial charge in [0.05, 0.1) is 4.92 Å². The second kappa shape index (κ2) is 5.45. The zero-order chi connectivity index (χ0) is 16.5. The van der Waals surface area contributed by atoms with Crippen LogP contribution < -0.4 is 5.56 Å². The number of nitro groups is 1. The van der Waals surface area contributed by atoms with E-state index in [-0.39, 0.29) is 16.7 Å². The molecule has 6 heteroatoms. The molecule has 0 saturated heterocycles. The Kier molecular flexibility index (Phi) is 3.83. The van der Waals surface area contributed by atoms with Crippen LogP contribution in [0.4, 0.5) is 5.69 Å². The predicted molar refractivity (Wildman–Crippen MR) is 82.6 cm³/mol. The van der Waals surface area contributed by atoms with Crippen LogP contribution in [-0.4, -0.2) is 9.91 Å². The molecule has 2 rings (SSSR count). The van der Waals surface area contributed by atoms with Crippen LogP contribution in [0.2, 0.25) is 0 Å². The number of aromatic nitrogens is 1. The molecule has 0 spiro atoms. The Bertz CT molecular complexity index is 822. The van der Waals surface area contributed by atoms with E-state index in [9.17, 15) is 20.2 Å². The first kappa shape index (κ1) is 15.4. The number of nitro benzene ring substituents is 1. The maximum absolute atomic E-state index is 12.1. The third-order valence-corrected chi connectivity index (χ3v) is 3.34. The van der Waals surface area contributed by atoms with E-state index in [4.69, 9.17) is 0 Å². The molecule has 0 fully saturated rings. The van der Waals surface area contributed by atoms with Gasteiger partial charge in [-0.05, 0) is 23.8 Å². The maximum Gasteiger partial charge on any atom is 0.269 e. The van der Waals surface area contributed by atoms with Gasteiger partial charge in [-0.25, -0.2) is 0 Å². The number of aromatic amines is 1. The Morgan fingerprint density at radius 3 is 2.27 bits per heavy atom. The number of hydrogen-bond acceptors (Lipinski definition) is 4. The van der Waals surface area contributed by atoms with E-state index >= 15 is 0 Å². The minimum absolute atomic E-state index is 0.00172. The number of nitrogens with zero attached hydrogens (tertiary/aromatic N) is 2. The first-order valence-electron chi connectivity index (χ1n) is 6.67. The summed E-state index contributed by atoms with van der Waals surface area (Å²) < 4.78 is 0. The van der Waals surface area contributed by atoms with E-state index in [2.05, 4.69) is 4.98 Å². The van der Waals surface area contributed by atoms with Crippen LogP contribution in [-0.2, 0) is 5.41 Å². The summed E-state index contributed by atoms with van der Waals surface area (Å²) in [5, 5.41) is 19.9. The largest absolute Gasteiger partial charge is 0.325 e. The Morgan fingerprint density at radius 1 is 1.23 bits per heavy atom. The van der Waals surface area contributed by atoms with Gasteiger partial charge in [-0.1, -0.05) is 20.8 Å². The number of nitriles is 1. The van der Waals surface area contributed by atoms with Crippen molar-refractivity contribution in [3.8, 4) is 17.2 Å². The van der Waals surface area contributed by atoms with Crippen LogP contribution in [0.3, 0.4) is 0 Å². The molecular formula is C16H15N3O3. The molecular weight excluding hydrogens is 282 g/mol. The Morgan fingerprint density at radius 2 is 1.82 bits per heavy atom. The zero-order valence-corrected chi connectivity index (χ0v) is 12.5. The molecule has 0 unspecified atom stereocenters. The second-order valence-electron chi connectivity index (χ2n) is 5.97. The number of rotatable bonds is 2. The van der Waals surface area contributed by atoms with Crippen molar-refractivity contribution in [2.45, 2.75) is 26.2 Å². The topological polar surface area (TPSA) is 99.8 Å². The van der Waals surface area contributed by atoms with E-state index in [1.165, 1.54) is 12.1 Å². The smallest absolute Gasteiger partial charge is 0.269 e. The number of pyridine rings is 1. The lowest BCUT2D eigenvalue weighted by Crippen LogP contribution is -2.22. The Hall–Kier alpha value is -2.94. The van der Waals surface area contributed by atoms with Crippen molar-refractivity contribution in [2.24, 2.45) is 0 Å². The van der Waals surface area contributed by atoms with Gasteiger partial charge in [0.25, 0.3) is 11.2 Å². The first-order valence-corrected chi connectivity index (χ1v) is 6.67. The van der Waals surface area contributed by atoms with Gasteiger partial charge in [-0.2, -0.15) is 5.26 Å². The summed E-state index contributed by atoms with van der Waals surface area (Å²) in [6, 6.07) is 9.45. The molecule has 1 aromatic carbocycles. The highest BCUT2D eigenvalue weighted by atomic mass is 16.6. The molecule has 0 atom stereocenters. The van der Waals surface area contributed by atoms with Crippen LogP contribution in [0, 0.1) is 21.4 Å². The molecule has 2 aromatic rings. The summed E-state index contributed by atoms with van der Waals surface area (Å²) in [5.41, 5.74) is 0.991. The van der Waals surface area contributed by atoms with Crippen LogP contribution in [0.25, 0.3) is 11.1 Å². The molecule has 1 heterocycles. The van der Waals surface area contributed by atoms with Gasteiger partial charge < -0.3 is 4.98 Å². The fourth-order valence-electron chi connectivity index (χ4n) is 2.07. The van der Waals surface area contributed by atoms with Crippen molar-refractivity contribution in [2.75, 3.05) is 0 Å². The van der Waals surface area contributed by atoms with Gasteiger partial charge in [0.15, 0.2) is 0 Å². The normalized spacial score (nSPS) is 11.0. The molecule has 1 aromatic heterocycles. The summed E-state index contributed by atoms with van der Waals surface area (Å²) in [7, 11) is 0. The molecule has 0 aliphatic heterocycles. The van der Waals surface area contributed by atoms with Gasteiger partial charge in [-0.15, -0.1) is 0 Å². The Labute approximate surface area is 127 Å². The fraction of sp³-hybridized carbons (Fsp3) is 0.250. The summed E-state index contributed by atoms with van der Waals surface area (Å²) in [6.07, 6.45) is 0. The third-order valence-electron chi connectivity index (χ3n) is 3.34. The van der Waals surface area contributed by atoms with E-state index in [1.54, 1.807) is 18.2 Å². The molecule has 1 N–H and O–H groups in total. The fourth-order valence-corrected chi connectivity index (χ4v) is 2.07. The number of non-ortho nitro benzene ring substituents is 1. The van der Waals surface area contributed by atoms with Crippen molar-refractivity contribution < 1.29 is 4.92 Å².